The maximum Gasteiger partial charge on any atom is 0.408 e. The summed E-state index contributed by atoms with van der Waals surface area (Å²) in [4.78, 5) is 29.3. The Balaban J connectivity index is 1.13. The smallest absolute Gasteiger partial charge is 0.408 e. The molecule has 3 heterocycles. The molecule has 2 aliphatic heterocycles. The lowest BCUT2D eigenvalue weighted by molar-refractivity contribution is -0.144. The van der Waals surface area contributed by atoms with Crippen molar-refractivity contribution >= 4 is 27.9 Å². The fourth-order valence-corrected chi connectivity index (χ4v) is 6.06. The second kappa shape index (κ2) is 11.5. The lowest BCUT2D eigenvalue weighted by Crippen LogP contribution is -2.64. The van der Waals surface area contributed by atoms with E-state index in [2.05, 4.69) is 22.8 Å². The molecule has 0 radical (unpaired) electrons. The molecule has 11 nitrogen and oxygen atoms in total. The van der Waals surface area contributed by atoms with Gasteiger partial charge in [0, 0.05) is 25.3 Å². The maximum absolute atomic E-state index is 12.4. The van der Waals surface area contributed by atoms with Crippen LogP contribution in [0.2, 0.25) is 0 Å². The van der Waals surface area contributed by atoms with Gasteiger partial charge < -0.3 is 24.8 Å². The average Bonchev–Trinajstić information content (AvgIpc) is 2.81. The Labute approximate surface area is 218 Å². The van der Waals surface area contributed by atoms with Gasteiger partial charge in [0.2, 0.25) is 10.0 Å². The summed E-state index contributed by atoms with van der Waals surface area (Å²) in [6.45, 7) is 3.09. The minimum absolute atomic E-state index is 0.0769. The van der Waals surface area contributed by atoms with Crippen LogP contribution in [0.4, 0.5) is 10.6 Å². The number of ether oxygens (including phenoxy) is 3. The van der Waals surface area contributed by atoms with Crippen molar-refractivity contribution < 1.29 is 32.2 Å². The molecule has 206 valence electrons. The number of anilines is 1. The number of methoxy groups -OCH3 is 1. The number of amides is 1. The van der Waals surface area contributed by atoms with Crippen LogP contribution in [-0.4, -0.2) is 87.1 Å². The zero-order chi connectivity index (χ0) is 26.6. The molecule has 4 rings (SSSR count). The number of fused-ring (bicyclic) bond motifs is 1. The normalized spacial score (nSPS) is 23.4. The first-order valence-corrected chi connectivity index (χ1v) is 14.8. The van der Waals surface area contributed by atoms with Crippen LogP contribution in [0.15, 0.2) is 12.1 Å². The van der Waals surface area contributed by atoms with E-state index >= 15 is 0 Å². The summed E-state index contributed by atoms with van der Waals surface area (Å²) < 4.78 is 40.4. The van der Waals surface area contributed by atoms with Gasteiger partial charge in [0.25, 0.3) is 0 Å². The molecule has 12 heteroatoms. The number of aromatic nitrogens is 1. The summed E-state index contributed by atoms with van der Waals surface area (Å²) in [5.74, 6) is 1.04. The fourth-order valence-electron chi connectivity index (χ4n) is 5.04. The van der Waals surface area contributed by atoms with Crippen LogP contribution < -0.4 is 10.6 Å². The molecule has 0 bridgehead atoms. The Morgan fingerprint density at radius 3 is 2.76 bits per heavy atom. The molecule has 1 saturated carbocycles. The lowest BCUT2D eigenvalue weighted by atomic mass is 9.79. The van der Waals surface area contributed by atoms with E-state index in [-0.39, 0.29) is 25.6 Å². The minimum atomic E-state index is -3.33. The van der Waals surface area contributed by atoms with Crippen molar-refractivity contribution in [3.05, 3.63) is 23.4 Å². The fraction of sp³-hybridized carbons (Fsp3) is 0.720. The standard InChI is InChI=1S/C25H38N4O7S/c1-25(15-29(16-25)37(3,32)33)36-24(31)28-21(23(30)34-2)10-12-35-20-13-17(14-20)6-8-19-9-7-18-5-4-11-26-22(18)27-19/h7,9,17,20-21H,4-6,8,10-16H2,1-3H3,(H,26,27)(H,28,31). The Kier molecular flexibility index (Phi) is 8.59. The molecule has 1 aliphatic carbocycles. The molecule has 1 saturated heterocycles. The van der Waals surface area contributed by atoms with Crippen LogP contribution in [0.1, 0.15) is 50.3 Å². The molecule has 0 spiro atoms. The number of rotatable bonds is 11. The first kappa shape index (κ1) is 27.6. The molecule has 2 N–H and O–H groups in total. The van der Waals surface area contributed by atoms with Crippen molar-refractivity contribution in [1.29, 1.82) is 0 Å². The third kappa shape index (κ3) is 7.32. The van der Waals surface area contributed by atoms with Crippen LogP contribution in [0, 0.1) is 5.92 Å². The monoisotopic (exact) mass is 538 g/mol. The van der Waals surface area contributed by atoms with Gasteiger partial charge in [-0.2, -0.15) is 4.31 Å². The molecule has 3 aliphatic rings. The van der Waals surface area contributed by atoms with Gasteiger partial charge in [-0.1, -0.05) is 6.07 Å². The largest absolute Gasteiger partial charge is 0.467 e. The van der Waals surface area contributed by atoms with E-state index in [1.54, 1.807) is 6.92 Å². The molecule has 1 amide bonds. The molecular formula is C25H38N4O7S. The second-order valence-corrected chi connectivity index (χ2v) is 12.6. The molecule has 2 fully saturated rings. The van der Waals surface area contributed by atoms with E-state index in [1.165, 1.54) is 17.0 Å². The Bertz CT molecular complexity index is 1080. The van der Waals surface area contributed by atoms with Crippen LogP contribution in [-0.2, 0) is 41.9 Å². The quantitative estimate of drug-likeness (QED) is 0.405. The van der Waals surface area contributed by atoms with E-state index < -0.39 is 33.7 Å². The molecular weight excluding hydrogens is 500 g/mol. The van der Waals surface area contributed by atoms with Crippen LogP contribution >= 0.6 is 0 Å². The Hall–Kier alpha value is -2.44. The maximum atomic E-state index is 12.4. The van der Waals surface area contributed by atoms with Crippen molar-refractivity contribution in [2.24, 2.45) is 5.92 Å². The van der Waals surface area contributed by atoms with Gasteiger partial charge in [0.15, 0.2) is 0 Å². The number of sulfonamides is 1. The van der Waals surface area contributed by atoms with E-state index in [4.69, 9.17) is 19.2 Å². The number of carbonyl (C=O) groups excluding carboxylic acids is 2. The SMILES string of the molecule is COC(=O)C(CCOC1CC(CCc2ccc3c(n2)NCCC3)C1)NC(=O)OC1(C)CN(S(C)(=O)=O)C1. The van der Waals surface area contributed by atoms with Gasteiger partial charge >= 0.3 is 12.1 Å². The highest BCUT2D eigenvalue weighted by molar-refractivity contribution is 7.88. The summed E-state index contributed by atoms with van der Waals surface area (Å²) in [5.41, 5.74) is 1.49. The van der Waals surface area contributed by atoms with Gasteiger partial charge in [-0.05, 0) is 63.0 Å². The highest BCUT2D eigenvalue weighted by atomic mass is 32.2. The van der Waals surface area contributed by atoms with E-state index in [0.29, 0.717) is 12.5 Å². The van der Waals surface area contributed by atoms with Crippen LogP contribution in [0.25, 0.3) is 0 Å². The van der Waals surface area contributed by atoms with Gasteiger partial charge in [0.05, 0.1) is 32.6 Å². The molecule has 1 atom stereocenters. The number of pyridine rings is 1. The molecule has 1 aromatic heterocycles. The molecule has 1 unspecified atom stereocenters. The summed E-state index contributed by atoms with van der Waals surface area (Å²) in [7, 11) is -2.08. The predicted molar refractivity (Wildman–Crippen MR) is 137 cm³/mol. The van der Waals surface area contributed by atoms with E-state index in [0.717, 1.165) is 62.8 Å². The Morgan fingerprint density at radius 2 is 2.05 bits per heavy atom. The lowest BCUT2D eigenvalue weighted by Gasteiger charge is -2.45. The number of aryl methyl sites for hydroxylation is 2. The van der Waals surface area contributed by atoms with Crippen molar-refractivity contribution in [3.8, 4) is 0 Å². The van der Waals surface area contributed by atoms with Gasteiger partial charge in [0.1, 0.15) is 17.5 Å². The number of esters is 1. The minimum Gasteiger partial charge on any atom is -0.467 e. The number of alkyl carbamates (subject to hydrolysis) is 1. The van der Waals surface area contributed by atoms with Gasteiger partial charge in [-0.25, -0.2) is 23.0 Å². The summed E-state index contributed by atoms with van der Waals surface area (Å²) in [5, 5.41) is 5.91. The number of carbonyl (C=O) groups is 2. The summed E-state index contributed by atoms with van der Waals surface area (Å²) in [6.07, 6.45) is 6.91. The highest BCUT2D eigenvalue weighted by Gasteiger charge is 2.46. The van der Waals surface area contributed by atoms with E-state index in [9.17, 15) is 18.0 Å². The average molecular weight is 539 g/mol. The first-order valence-electron chi connectivity index (χ1n) is 12.9. The third-order valence-corrected chi connectivity index (χ3v) is 8.52. The first-order chi connectivity index (χ1) is 17.5. The zero-order valence-electron chi connectivity index (χ0n) is 21.8. The number of nitrogens with one attached hydrogen (secondary N) is 2. The number of hydrogen-bond acceptors (Lipinski definition) is 9. The zero-order valence-corrected chi connectivity index (χ0v) is 22.6. The highest BCUT2D eigenvalue weighted by Crippen LogP contribution is 2.34. The van der Waals surface area contributed by atoms with Crippen molar-refractivity contribution in [2.45, 2.75) is 69.6 Å². The number of nitrogens with zero attached hydrogens (tertiary/aromatic N) is 2. The van der Waals surface area contributed by atoms with Gasteiger partial charge in [-0.3, -0.25) is 0 Å². The van der Waals surface area contributed by atoms with Crippen LogP contribution in [0.3, 0.4) is 0 Å². The predicted octanol–water partition coefficient (Wildman–Crippen LogP) is 1.86. The van der Waals surface area contributed by atoms with E-state index in [1.807, 2.05) is 0 Å². The van der Waals surface area contributed by atoms with Crippen molar-refractivity contribution in [1.82, 2.24) is 14.6 Å². The second-order valence-electron chi connectivity index (χ2n) is 10.6. The molecule has 1 aromatic rings. The Morgan fingerprint density at radius 1 is 1.30 bits per heavy atom. The molecule has 0 aromatic carbocycles. The number of hydrogen-bond donors (Lipinski definition) is 2. The summed E-state index contributed by atoms with van der Waals surface area (Å²) >= 11 is 0. The topological polar surface area (TPSA) is 136 Å². The molecule has 37 heavy (non-hydrogen) atoms. The van der Waals surface area contributed by atoms with Gasteiger partial charge in [-0.15, -0.1) is 0 Å². The van der Waals surface area contributed by atoms with Crippen LogP contribution in [0.5, 0.6) is 0 Å². The summed E-state index contributed by atoms with van der Waals surface area (Å²) in [6, 6.07) is 3.41. The third-order valence-electron chi connectivity index (χ3n) is 7.32. The van der Waals surface area contributed by atoms with Crippen molar-refractivity contribution in [3.63, 3.8) is 0 Å². The van der Waals surface area contributed by atoms with Crippen molar-refractivity contribution in [2.75, 3.05) is 44.9 Å².